The molecule has 4 amide bonds. The van der Waals surface area contributed by atoms with Gasteiger partial charge in [-0.05, 0) is 32.4 Å². The van der Waals surface area contributed by atoms with E-state index in [0.29, 0.717) is 17.9 Å². The van der Waals surface area contributed by atoms with E-state index in [1.165, 1.54) is 16.2 Å². The summed E-state index contributed by atoms with van der Waals surface area (Å²) in [5, 5.41) is 18.3. The monoisotopic (exact) mass is 408 g/mol. The largest absolute Gasteiger partial charge is 0.512 e. The molecule has 0 aromatic rings. The highest BCUT2D eigenvalue weighted by atomic mass is 16.7. The van der Waals surface area contributed by atoms with Gasteiger partial charge in [0, 0.05) is 31.6 Å². The second-order valence-corrected chi connectivity index (χ2v) is 7.89. The lowest BCUT2D eigenvalue weighted by molar-refractivity contribution is -0.160. The van der Waals surface area contributed by atoms with Gasteiger partial charge in [0.2, 0.25) is 5.88 Å². The van der Waals surface area contributed by atoms with E-state index in [-0.39, 0.29) is 18.3 Å². The number of ether oxygens (including phenoxy) is 1. The first-order valence-corrected chi connectivity index (χ1v) is 9.77. The van der Waals surface area contributed by atoms with Gasteiger partial charge in [0.25, 0.3) is 5.91 Å². The zero-order chi connectivity index (χ0) is 20.9. The Labute approximate surface area is 167 Å². The van der Waals surface area contributed by atoms with E-state index in [1.54, 1.807) is 0 Å². The topological polar surface area (TPSA) is 131 Å². The van der Waals surface area contributed by atoms with Gasteiger partial charge in [0.15, 0.2) is 0 Å². The number of carbonyl (C=O) groups excluding carboxylic acids is 2. The van der Waals surface area contributed by atoms with Crippen molar-refractivity contribution in [3.8, 4) is 0 Å². The highest BCUT2D eigenvalue weighted by molar-refractivity contribution is 5.98. The van der Waals surface area contributed by atoms with Crippen LogP contribution in [0.4, 0.5) is 14.4 Å². The standard InChI is InChI=1S/C18H24N4O7/c1-19(17(25)26)16(24)21-8-5-10-11(9-20-6-3-2-4-7-20)15(29-18(27)28)22-12(10)13(21)14(22)23/h10,12-13H,2-9H2,1H3,(H,25,26)(H,27,28)/t10?,12-,13+/m1/s1. The van der Waals surface area contributed by atoms with Gasteiger partial charge in [-0.3, -0.25) is 14.6 Å². The highest BCUT2D eigenvalue weighted by Gasteiger charge is 2.64. The molecule has 0 saturated carbocycles. The average Bonchev–Trinajstić information content (AvgIpc) is 2.97. The summed E-state index contributed by atoms with van der Waals surface area (Å²) in [4.78, 5) is 53.2. The molecule has 4 aliphatic heterocycles. The molecule has 4 rings (SSSR count). The number of nitrogens with zero attached hydrogens (tertiary/aromatic N) is 4. The molecule has 3 atom stereocenters. The molecule has 11 nitrogen and oxygen atoms in total. The molecule has 11 heteroatoms. The lowest BCUT2D eigenvalue weighted by atomic mass is 9.78. The Bertz CT molecular complexity index is 791. The minimum atomic E-state index is -1.48. The summed E-state index contributed by atoms with van der Waals surface area (Å²) < 4.78 is 5.03. The minimum Gasteiger partial charge on any atom is -0.465 e. The quantitative estimate of drug-likeness (QED) is 0.523. The molecule has 0 aromatic carbocycles. The molecule has 0 aliphatic carbocycles. The Morgan fingerprint density at radius 1 is 1.14 bits per heavy atom. The lowest BCUT2D eigenvalue weighted by Crippen LogP contribution is -2.74. The lowest BCUT2D eigenvalue weighted by Gasteiger charge is -2.53. The van der Waals surface area contributed by atoms with Crippen LogP contribution in [0.3, 0.4) is 0 Å². The van der Waals surface area contributed by atoms with Gasteiger partial charge in [-0.1, -0.05) is 6.42 Å². The summed E-state index contributed by atoms with van der Waals surface area (Å²) >= 11 is 0. The van der Waals surface area contributed by atoms with E-state index < -0.39 is 36.3 Å². The molecule has 158 valence electrons. The molecule has 0 radical (unpaired) electrons. The van der Waals surface area contributed by atoms with Crippen molar-refractivity contribution in [3.63, 3.8) is 0 Å². The summed E-state index contributed by atoms with van der Waals surface area (Å²) in [6.07, 6.45) is 0.952. The fourth-order valence-electron chi connectivity index (χ4n) is 4.96. The molecular formula is C18H24N4O7. The van der Waals surface area contributed by atoms with Crippen LogP contribution in [0.25, 0.3) is 0 Å². The van der Waals surface area contributed by atoms with Crippen molar-refractivity contribution >= 4 is 24.2 Å². The Hall–Kier alpha value is -2.82. The number of amides is 4. The third-order valence-corrected chi connectivity index (χ3v) is 6.33. The molecule has 0 bridgehead atoms. The van der Waals surface area contributed by atoms with Crippen molar-refractivity contribution in [2.75, 3.05) is 33.2 Å². The van der Waals surface area contributed by atoms with Crippen molar-refractivity contribution < 1.29 is 34.1 Å². The molecule has 2 N–H and O–H groups in total. The zero-order valence-corrected chi connectivity index (χ0v) is 16.1. The van der Waals surface area contributed by atoms with Crippen molar-refractivity contribution in [3.05, 3.63) is 11.5 Å². The predicted octanol–water partition coefficient (Wildman–Crippen LogP) is 1.02. The Morgan fingerprint density at radius 3 is 2.45 bits per heavy atom. The smallest absolute Gasteiger partial charge is 0.465 e. The molecule has 29 heavy (non-hydrogen) atoms. The van der Waals surface area contributed by atoms with E-state index in [1.807, 2.05) is 0 Å². The van der Waals surface area contributed by atoms with Gasteiger partial charge in [0.05, 0.1) is 6.04 Å². The SMILES string of the molecule is CN(C(=O)O)C(=O)N1CCC2C(CN3CCCCC3)=C(OC(=O)O)N3C(=O)[C@@H]1[C@@H]23. The Morgan fingerprint density at radius 2 is 1.83 bits per heavy atom. The van der Waals surface area contributed by atoms with Crippen molar-refractivity contribution in [1.82, 2.24) is 19.6 Å². The molecule has 1 unspecified atom stereocenters. The maximum atomic E-state index is 12.8. The van der Waals surface area contributed by atoms with E-state index in [9.17, 15) is 24.3 Å². The van der Waals surface area contributed by atoms with Gasteiger partial charge in [-0.2, -0.15) is 0 Å². The van der Waals surface area contributed by atoms with E-state index >= 15 is 0 Å². The van der Waals surface area contributed by atoms with E-state index in [2.05, 4.69) is 4.90 Å². The minimum absolute atomic E-state index is 0.0696. The number of imide groups is 1. The van der Waals surface area contributed by atoms with Crippen LogP contribution < -0.4 is 0 Å². The van der Waals surface area contributed by atoms with Crippen molar-refractivity contribution in [2.45, 2.75) is 37.8 Å². The Balaban J connectivity index is 1.60. The van der Waals surface area contributed by atoms with Gasteiger partial charge in [-0.15, -0.1) is 0 Å². The molecule has 0 spiro atoms. The molecule has 0 aromatic heterocycles. The first-order chi connectivity index (χ1) is 13.8. The summed E-state index contributed by atoms with van der Waals surface area (Å²) in [6.45, 7) is 2.58. The van der Waals surface area contributed by atoms with Crippen LogP contribution in [-0.2, 0) is 9.53 Å². The van der Waals surface area contributed by atoms with Crippen LogP contribution in [0.1, 0.15) is 25.7 Å². The summed E-state index contributed by atoms with van der Waals surface area (Å²) in [5.74, 6) is -0.467. The fourth-order valence-corrected chi connectivity index (χ4v) is 4.96. The van der Waals surface area contributed by atoms with Gasteiger partial charge in [-0.25, -0.2) is 19.3 Å². The predicted molar refractivity (Wildman–Crippen MR) is 96.8 cm³/mol. The highest BCUT2D eigenvalue weighted by Crippen LogP contribution is 2.49. The van der Waals surface area contributed by atoms with Crippen LogP contribution in [0.15, 0.2) is 11.5 Å². The number of carbonyl (C=O) groups is 4. The maximum absolute atomic E-state index is 12.8. The number of piperidine rings is 2. The number of rotatable bonds is 3. The van der Waals surface area contributed by atoms with Crippen molar-refractivity contribution in [1.29, 1.82) is 0 Å². The zero-order valence-electron chi connectivity index (χ0n) is 16.1. The van der Waals surface area contributed by atoms with E-state index in [4.69, 9.17) is 9.84 Å². The Kier molecular flexibility index (Phi) is 4.85. The summed E-state index contributed by atoms with van der Waals surface area (Å²) in [6, 6.07) is -1.95. The van der Waals surface area contributed by atoms with Crippen LogP contribution in [0.5, 0.6) is 0 Å². The molecule has 3 saturated heterocycles. The number of β-lactam (4-membered cyclic amide) rings is 1. The normalized spacial score (nSPS) is 28.7. The molecule has 4 heterocycles. The van der Waals surface area contributed by atoms with Gasteiger partial charge >= 0.3 is 18.3 Å². The average molecular weight is 408 g/mol. The number of hydrogen-bond acceptors (Lipinski definition) is 6. The molecule has 4 aliphatic rings. The first kappa shape index (κ1) is 19.5. The van der Waals surface area contributed by atoms with Gasteiger partial charge < -0.3 is 19.8 Å². The van der Waals surface area contributed by atoms with Crippen LogP contribution in [0, 0.1) is 5.92 Å². The molecule has 3 fully saturated rings. The maximum Gasteiger partial charge on any atom is 0.512 e. The summed E-state index contributed by atoms with van der Waals surface area (Å²) in [5.41, 5.74) is 0.786. The number of urea groups is 1. The molecular weight excluding hydrogens is 384 g/mol. The van der Waals surface area contributed by atoms with E-state index in [0.717, 1.165) is 38.6 Å². The second-order valence-electron chi connectivity index (χ2n) is 7.89. The number of carboxylic acid groups (broad SMARTS) is 2. The van der Waals surface area contributed by atoms with Crippen LogP contribution in [0.2, 0.25) is 0 Å². The first-order valence-electron chi connectivity index (χ1n) is 9.77. The van der Waals surface area contributed by atoms with Crippen LogP contribution in [-0.4, -0.2) is 99.3 Å². The van der Waals surface area contributed by atoms with Crippen molar-refractivity contribution in [2.24, 2.45) is 5.92 Å². The third kappa shape index (κ3) is 3.09. The fraction of sp³-hybridized carbons (Fsp3) is 0.667. The summed E-state index contributed by atoms with van der Waals surface area (Å²) in [7, 11) is 1.14. The van der Waals surface area contributed by atoms with Gasteiger partial charge in [0.1, 0.15) is 6.04 Å². The third-order valence-electron chi connectivity index (χ3n) is 6.33. The number of hydrogen-bond donors (Lipinski definition) is 2. The number of likely N-dealkylation sites (tertiary alicyclic amines) is 2. The second kappa shape index (κ2) is 7.21. The van der Waals surface area contributed by atoms with Crippen LogP contribution >= 0.6 is 0 Å².